The Balaban J connectivity index is 1.83. The van der Waals surface area contributed by atoms with Crippen LogP contribution in [0.5, 0.6) is 0 Å². The second-order valence-electron chi connectivity index (χ2n) is 5.05. The van der Waals surface area contributed by atoms with E-state index in [4.69, 9.17) is 5.11 Å². The van der Waals surface area contributed by atoms with Gasteiger partial charge in [0, 0.05) is 23.8 Å². The number of carbonyl (C=O) groups is 1. The third-order valence-electron chi connectivity index (χ3n) is 4.10. The van der Waals surface area contributed by atoms with Crippen molar-refractivity contribution >= 4 is 22.0 Å². The Kier molecular flexibility index (Phi) is 2.43. The third-order valence-corrected chi connectivity index (χ3v) is 4.75. The molecule has 0 aromatic heterocycles. The number of hydrogen-bond acceptors (Lipinski definition) is 1. The summed E-state index contributed by atoms with van der Waals surface area (Å²) >= 11 is 3.43. The van der Waals surface area contributed by atoms with E-state index in [1.54, 1.807) is 4.90 Å². The molecular weight excluding hydrogens is 282 g/mol. The smallest absolute Gasteiger partial charge is 0.407 e. The van der Waals surface area contributed by atoms with Crippen LogP contribution in [0.1, 0.15) is 17.5 Å². The number of hydrogen-bond donors (Lipinski definition) is 1. The first-order valence-electron chi connectivity index (χ1n) is 5.79. The van der Waals surface area contributed by atoms with Gasteiger partial charge in [-0.15, -0.1) is 0 Å². The van der Waals surface area contributed by atoms with Crippen molar-refractivity contribution in [1.29, 1.82) is 0 Å². The standard InChI is InChI=1S/C13H14BrNO2/c14-6-9-1-3-10(4-2-9)13-5-11(13)7-15(8-13)12(16)17/h1-4,11H,5-8H2,(H,16,17)/t11-,13+/m1/s1. The second kappa shape index (κ2) is 3.73. The number of fused-ring (bicyclic) bond motifs is 1. The molecule has 1 saturated heterocycles. The molecule has 2 atom stereocenters. The summed E-state index contributed by atoms with van der Waals surface area (Å²) in [5.41, 5.74) is 2.69. The summed E-state index contributed by atoms with van der Waals surface area (Å²) in [6, 6.07) is 8.55. The quantitative estimate of drug-likeness (QED) is 0.853. The first-order chi connectivity index (χ1) is 8.15. The van der Waals surface area contributed by atoms with Gasteiger partial charge < -0.3 is 10.0 Å². The van der Waals surface area contributed by atoms with E-state index in [-0.39, 0.29) is 5.41 Å². The number of rotatable bonds is 2. The van der Waals surface area contributed by atoms with Crippen LogP contribution in [0.3, 0.4) is 0 Å². The van der Waals surface area contributed by atoms with Crippen LogP contribution >= 0.6 is 15.9 Å². The van der Waals surface area contributed by atoms with Crippen LogP contribution in [-0.4, -0.2) is 29.2 Å². The van der Waals surface area contributed by atoms with Crippen LogP contribution in [0.15, 0.2) is 24.3 Å². The largest absolute Gasteiger partial charge is 0.465 e. The summed E-state index contributed by atoms with van der Waals surface area (Å²) in [6.45, 7) is 1.37. The fourth-order valence-electron chi connectivity index (χ4n) is 3.00. The Morgan fingerprint density at radius 3 is 2.71 bits per heavy atom. The van der Waals surface area contributed by atoms with Crippen LogP contribution in [-0.2, 0) is 10.7 Å². The first kappa shape index (κ1) is 11.1. The maximum Gasteiger partial charge on any atom is 0.407 e. The predicted octanol–water partition coefficient (Wildman–Crippen LogP) is 2.83. The highest BCUT2D eigenvalue weighted by molar-refractivity contribution is 9.08. The molecule has 1 aromatic rings. The molecule has 0 spiro atoms. The number of carboxylic acid groups (broad SMARTS) is 1. The average molecular weight is 296 g/mol. The summed E-state index contributed by atoms with van der Waals surface area (Å²) in [5.74, 6) is 0.536. The lowest BCUT2D eigenvalue weighted by atomic mass is 9.94. The summed E-state index contributed by atoms with van der Waals surface area (Å²) in [4.78, 5) is 12.5. The number of likely N-dealkylation sites (tertiary alicyclic amines) is 1. The molecule has 2 aliphatic rings. The van der Waals surface area contributed by atoms with Gasteiger partial charge >= 0.3 is 6.09 Å². The lowest BCUT2D eigenvalue weighted by Crippen LogP contribution is -2.31. The molecule has 1 heterocycles. The van der Waals surface area contributed by atoms with Crippen molar-refractivity contribution in [3.8, 4) is 0 Å². The van der Waals surface area contributed by atoms with Crippen LogP contribution < -0.4 is 0 Å². The molecule has 0 unspecified atom stereocenters. The summed E-state index contributed by atoms with van der Waals surface area (Å²) < 4.78 is 0. The van der Waals surface area contributed by atoms with E-state index >= 15 is 0 Å². The molecule has 1 aromatic carbocycles. The number of nitrogens with zero attached hydrogens (tertiary/aromatic N) is 1. The molecule has 4 heteroatoms. The zero-order valence-electron chi connectivity index (χ0n) is 9.40. The van der Waals surface area contributed by atoms with Crippen molar-refractivity contribution in [1.82, 2.24) is 4.90 Å². The molecule has 1 aliphatic carbocycles. The highest BCUT2D eigenvalue weighted by atomic mass is 79.9. The molecule has 3 rings (SSSR count). The number of amides is 1. The van der Waals surface area contributed by atoms with Crippen LogP contribution in [0.2, 0.25) is 0 Å². The normalized spacial score (nSPS) is 30.2. The van der Waals surface area contributed by atoms with Crippen molar-refractivity contribution in [2.24, 2.45) is 5.92 Å². The van der Waals surface area contributed by atoms with Crippen molar-refractivity contribution in [2.75, 3.05) is 13.1 Å². The van der Waals surface area contributed by atoms with Gasteiger partial charge in [0.2, 0.25) is 0 Å². The van der Waals surface area contributed by atoms with Gasteiger partial charge in [-0.3, -0.25) is 0 Å². The van der Waals surface area contributed by atoms with Crippen molar-refractivity contribution in [3.63, 3.8) is 0 Å². The minimum Gasteiger partial charge on any atom is -0.465 e. The summed E-state index contributed by atoms with van der Waals surface area (Å²) in [7, 11) is 0. The fourth-order valence-corrected chi connectivity index (χ4v) is 3.38. The van der Waals surface area contributed by atoms with E-state index in [1.165, 1.54) is 11.1 Å². The Bertz CT molecular complexity index is 459. The molecule has 1 aliphatic heterocycles. The van der Waals surface area contributed by atoms with E-state index in [2.05, 4.69) is 40.2 Å². The minimum atomic E-state index is -0.784. The van der Waals surface area contributed by atoms with Crippen LogP contribution in [0.25, 0.3) is 0 Å². The molecule has 0 radical (unpaired) electrons. The van der Waals surface area contributed by atoms with Gasteiger partial charge in [-0.1, -0.05) is 40.2 Å². The van der Waals surface area contributed by atoms with Gasteiger partial charge in [0.15, 0.2) is 0 Å². The van der Waals surface area contributed by atoms with Crippen LogP contribution in [0.4, 0.5) is 4.79 Å². The van der Waals surface area contributed by atoms with Crippen molar-refractivity contribution in [2.45, 2.75) is 17.2 Å². The highest BCUT2D eigenvalue weighted by Crippen LogP contribution is 2.58. The Hall–Kier alpha value is -1.03. The van der Waals surface area contributed by atoms with Crippen LogP contribution in [0, 0.1) is 5.92 Å². The van der Waals surface area contributed by atoms with Crippen molar-refractivity contribution in [3.05, 3.63) is 35.4 Å². The molecule has 17 heavy (non-hydrogen) atoms. The van der Waals surface area contributed by atoms with Gasteiger partial charge in [0.1, 0.15) is 0 Å². The molecule has 1 amide bonds. The zero-order valence-corrected chi connectivity index (χ0v) is 11.0. The van der Waals surface area contributed by atoms with Gasteiger partial charge in [-0.25, -0.2) is 4.79 Å². The second-order valence-corrected chi connectivity index (χ2v) is 5.61. The monoisotopic (exact) mass is 295 g/mol. The molecular formula is C13H14BrNO2. The van der Waals surface area contributed by atoms with Gasteiger partial charge in [0.05, 0.1) is 0 Å². The van der Waals surface area contributed by atoms with E-state index in [9.17, 15) is 4.79 Å². The number of alkyl halides is 1. The SMILES string of the molecule is O=C(O)N1C[C@H]2C[C@@]2(c2ccc(CBr)cc2)C1. The Labute approximate surface area is 109 Å². The first-order valence-corrected chi connectivity index (χ1v) is 6.91. The van der Waals surface area contributed by atoms with E-state index in [1.807, 2.05) is 0 Å². The summed E-state index contributed by atoms with van der Waals surface area (Å²) in [6.07, 6.45) is 0.360. The lowest BCUT2D eigenvalue weighted by Gasteiger charge is -2.18. The van der Waals surface area contributed by atoms with Gasteiger partial charge in [-0.05, 0) is 23.5 Å². The highest BCUT2D eigenvalue weighted by Gasteiger charge is 2.61. The minimum absolute atomic E-state index is 0.128. The van der Waals surface area contributed by atoms with Gasteiger partial charge in [-0.2, -0.15) is 0 Å². The maximum atomic E-state index is 11.0. The molecule has 90 valence electrons. The Morgan fingerprint density at radius 1 is 1.47 bits per heavy atom. The maximum absolute atomic E-state index is 11.0. The zero-order chi connectivity index (χ0) is 12.0. The molecule has 2 fully saturated rings. The van der Waals surface area contributed by atoms with E-state index in [0.29, 0.717) is 19.0 Å². The number of halogens is 1. The average Bonchev–Trinajstić information content (AvgIpc) is 2.92. The lowest BCUT2D eigenvalue weighted by molar-refractivity contribution is 0.150. The molecule has 0 bridgehead atoms. The van der Waals surface area contributed by atoms with Gasteiger partial charge in [0.25, 0.3) is 0 Å². The third kappa shape index (κ3) is 1.66. The predicted molar refractivity (Wildman–Crippen MR) is 68.5 cm³/mol. The fraction of sp³-hybridized carbons (Fsp3) is 0.462. The number of benzene rings is 1. The Morgan fingerprint density at radius 2 is 2.18 bits per heavy atom. The van der Waals surface area contributed by atoms with E-state index in [0.717, 1.165) is 11.8 Å². The van der Waals surface area contributed by atoms with Crippen molar-refractivity contribution < 1.29 is 9.90 Å². The number of piperidine rings is 1. The topological polar surface area (TPSA) is 40.5 Å². The van der Waals surface area contributed by atoms with E-state index < -0.39 is 6.09 Å². The molecule has 1 saturated carbocycles. The summed E-state index contributed by atoms with van der Waals surface area (Å²) in [5, 5.41) is 9.88. The molecule has 1 N–H and O–H groups in total. The molecule has 3 nitrogen and oxygen atoms in total.